The number of hydrogen-bond donors (Lipinski definition) is 2. The maximum atomic E-state index is 13.9. The molecule has 1 aliphatic carbocycles. The van der Waals surface area contributed by atoms with Crippen molar-refractivity contribution in [3.8, 4) is 0 Å². The predicted molar refractivity (Wildman–Crippen MR) is 190 cm³/mol. The highest BCUT2D eigenvalue weighted by Gasteiger charge is 2.38. The van der Waals surface area contributed by atoms with E-state index >= 15 is 0 Å². The van der Waals surface area contributed by atoms with Gasteiger partial charge in [-0.05, 0) is 94.9 Å². The highest BCUT2D eigenvalue weighted by Crippen LogP contribution is 2.31. The molecule has 2 amide bonds. The molecule has 5 rings (SSSR count). The van der Waals surface area contributed by atoms with Gasteiger partial charge in [0.05, 0.1) is 6.04 Å². The molecule has 0 spiro atoms. The lowest BCUT2D eigenvalue weighted by Gasteiger charge is -2.43. The van der Waals surface area contributed by atoms with Gasteiger partial charge < -0.3 is 15.1 Å². The summed E-state index contributed by atoms with van der Waals surface area (Å²) in [5, 5.41) is 7.35. The predicted octanol–water partition coefficient (Wildman–Crippen LogP) is 5.89. The average Bonchev–Trinajstić information content (AvgIpc) is 3.08. The molecule has 2 aromatic carbocycles. The summed E-state index contributed by atoms with van der Waals surface area (Å²) in [7, 11) is 2.11. The summed E-state index contributed by atoms with van der Waals surface area (Å²) in [4.78, 5) is 34.4. The number of nitrogens with one attached hydrogen (secondary N) is 2. The van der Waals surface area contributed by atoms with Gasteiger partial charge in [-0.15, -0.1) is 0 Å². The minimum absolute atomic E-state index is 0.00346. The molecule has 7 nitrogen and oxygen atoms in total. The molecular formula is C38H58ClN5O2. The van der Waals surface area contributed by atoms with Crippen molar-refractivity contribution < 1.29 is 9.59 Å². The van der Waals surface area contributed by atoms with E-state index in [0.717, 1.165) is 37.7 Å². The van der Waals surface area contributed by atoms with E-state index in [0.29, 0.717) is 37.0 Å². The fourth-order valence-corrected chi connectivity index (χ4v) is 7.41. The van der Waals surface area contributed by atoms with Crippen molar-refractivity contribution in [3.63, 3.8) is 0 Å². The molecule has 1 saturated carbocycles. The van der Waals surface area contributed by atoms with E-state index in [4.69, 9.17) is 11.6 Å². The summed E-state index contributed by atoms with van der Waals surface area (Å²) in [6.07, 6.45) is 7.75. The fraction of sp³-hybridized carbons (Fsp3) is 0.632. The first-order chi connectivity index (χ1) is 22.0. The summed E-state index contributed by atoms with van der Waals surface area (Å²) in [6, 6.07) is 15.4. The first-order valence-corrected chi connectivity index (χ1v) is 18.0. The van der Waals surface area contributed by atoms with Gasteiger partial charge in [-0.1, -0.05) is 81.1 Å². The second-order valence-electron chi connectivity index (χ2n) is 14.1. The van der Waals surface area contributed by atoms with E-state index in [1.807, 2.05) is 41.3 Å². The SMILES string of the molecule is CC(C1CCCCC1)N1CCN(C(=O)C(Cc2ccc(Cl)cc2)NC(=O)C2Cc3ccccc3C(C)(C)N2)CC1.CCN(C)CC. The van der Waals surface area contributed by atoms with E-state index in [1.54, 1.807) is 0 Å². The number of hydrogen-bond acceptors (Lipinski definition) is 5. The quantitative estimate of drug-likeness (QED) is 0.354. The minimum Gasteiger partial charge on any atom is -0.343 e. The number of carbonyl (C=O) groups excluding carboxylic acids is 2. The lowest BCUT2D eigenvalue weighted by atomic mass is 9.82. The Morgan fingerprint density at radius 3 is 2.22 bits per heavy atom. The van der Waals surface area contributed by atoms with Crippen molar-refractivity contribution in [2.45, 2.75) is 103 Å². The molecule has 2 heterocycles. The van der Waals surface area contributed by atoms with Crippen LogP contribution in [0.25, 0.3) is 0 Å². The molecule has 2 fully saturated rings. The van der Waals surface area contributed by atoms with Gasteiger partial charge in [0.25, 0.3) is 0 Å². The number of fused-ring (bicyclic) bond motifs is 1. The van der Waals surface area contributed by atoms with Crippen molar-refractivity contribution in [1.29, 1.82) is 0 Å². The van der Waals surface area contributed by atoms with Crippen molar-refractivity contribution >= 4 is 23.4 Å². The number of piperazine rings is 1. The van der Waals surface area contributed by atoms with E-state index in [9.17, 15) is 9.59 Å². The molecule has 0 bridgehead atoms. The van der Waals surface area contributed by atoms with Crippen molar-refractivity contribution in [2.75, 3.05) is 46.3 Å². The van der Waals surface area contributed by atoms with Gasteiger partial charge in [-0.2, -0.15) is 0 Å². The number of rotatable bonds is 9. The lowest BCUT2D eigenvalue weighted by Crippen LogP contribution is -2.61. The van der Waals surface area contributed by atoms with Crippen LogP contribution in [0, 0.1) is 5.92 Å². The molecule has 0 aromatic heterocycles. The molecule has 3 unspecified atom stereocenters. The maximum absolute atomic E-state index is 13.9. The number of amides is 2. The van der Waals surface area contributed by atoms with E-state index < -0.39 is 12.1 Å². The Bertz CT molecular complexity index is 1250. The lowest BCUT2D eigenvalue weighted by molar-refractivity contribution is -0.139. The van der Waals surface area contributed by atoms with Gasteiger partial charge in [-0.25, -0.2) is 0 Å². The normalized spacial score (nSPS) is 21.5. The van der Waals surface area contributed by atoms with Crippen LogP contribution < -0.4 is 10.6 Å². The van der Waals surface area contributed by atoms with Gasteiger partial charge in [0.2, 0.25) is 11.8 Å². The average molecular weight is 652 g/mol. The van der Waals surface area contributed by atoms with Crippen LogP contribution in [-0.2, 0) is 28.0 Å². The van der Waals surface area contributed by atoms with E-state index in [1.165, 1.54) is 43.2 Å². The number of carbonyl (C=O) groups is 2. The summed E-state index contributed by atoms with van der Waals surface area (Å²) in [5.74, 6) is 0.647. The zero-order valence-corrected chi connectivity index (χ0v) is 29.9. The summed E-state index contributed by atoms with van der Waals surface area (Å²) in [5.41, 5.74) is 3.04. The molecule has 2 aliphatic heterocycles. The molecule has 8 heteroatoms. The second kappa shape index (κ2) is 17.1. The molecular weight excluding hydrogens is 594 g/mol. The number of benzene rings is 2. The smallest absolute Gasteiger partial charge is 0.245 e. The van der Waals surface area contributed by atoms with E-state index in [2.05, 4.69) is 74.2 Å². The highest BCUT2D eigenvalue weighted by molar-refractivity contribution is 6.30. The maximum Gasteiger partial charge on any atom is 0.245 e. The Labute approximate surface area is 283 Å². The van der Waals surface area contributed by atoms with Gasteiger partial charge in [-0.3, -0.25) is 19.8 Å². The first kappa shape index (κ1) is 36.4. The summed E-state index contributed by atoms with van der Waals surface area (Å²) in [6.45, 7) is 16.4. The largest absolute Gasteiger partial charge is 0.343 e. The Hall–Kier alpha value is -2.45. The zero-order valence-electron chi connectivity index (χ0n) is 29.2. The topological polar surface area (TPSA) is 67.9 Å². The van der Waals surface area contributed by atoms with Gasteiger partial charge in [0.15, 0.2) is 0 Å². The molecule has 1 saturated heterocycles. The van der Waals surface area contributed by atoms with Gasteiger partial charge in [0, 0.05) is 49.2 Å². The van der Waals surface area contributed by atoms with Gasteiger partial charge >= 0.3 is 0 Å². The van der Waals surface area contributed by atoms with Crippen molar-refractivity contribution in [1.82, 2.24) is 25.3 Å². The van der Waals surface area contributed by atoms with Crippen LogP contribution in [0.15, 0.2) is 48.5 Å². The number of halogens is 1. The summed E-state index contributed by atoms with van der Waals surface area (Å²) >= 11 is 6.12. The van der Waals surface area contributed by atoms with Crippen molar-refractivity contribution in [3.05, 3.63) is 70.2 Å². The third-order valence-corrected chi connectivity index (χ3v) is 10.8. The molecule has 2 aromatic rings. The molecule has 0 radical (unpaired) electrons. The number of nitrogens with zero attached hydrogens (tertiary/aromatic N) is 3. The third kappa shape index (κ3) is 9.79. The standard InChI is InChI=1S/C33H45ClN4O2.C5H13N/c1-23(25-9-5-4-6-10-25)37-17-19-38(20-18-37)32(40)30(21-24-13-15-27(34)16-14-24)35-31(39)29-22-26-11-7-8-12-28(26)33(2,3)36-29;1-4-6(3)5-2/h7-8,11-16,23,25,29-30,36H,4-6,9-10,17-22H2,1-3H3,(H,35,39);4-5H2,1-3H3. The Balaban J connectivity index is 0.000000731. The minimum atomic E-state index is -0.627. The monoisotopic (exact) mass is 651 g/mol. The molecule has 254 valence electrons. The van der Waals surface area contributed by atoms with Crippen LogP contribution in [-0.4, -0.2) is 91.0 Å². The van der Waals surface area contributed by atoms with Gasteiger partial charge in [0.1, 0.15) is 6.04 Å². The van der Waals surface area contributed by atoms with Crippen LogP contribution in [0.3, 0.4) is 0 Å². The van der Waals surface area contributed by atoms with Crippen LogP contribution >= 0.6 is 11.6 Å². The highest BCUT2D eigenvalue weighted by atomic mass is 35.5. The van der Waals surface area contributed by atoms with E-state index in [-0.39, 0.29) is 17.4 Å². The Kier molecular flexibility index (Phi) is 13.5. The first-order valence-electron chi connectivity index (χ1n) is 17.6. The van der Waals surface area contributed by atoms with Crippen molar-refractivity contribution in [2.24, 2.45) is 5.92 Å². The Morgan fingerprint density at radius 2 is 1.61 bits per heavy atom. The van der Waals surface area contributed by atoms with Crippen LogP contribution in [0.2, 0.25) is 5.02 Å². The second-order valence-corrected chi connectivity index (χ2v) is 14.5. The fourth-order valence-electron chi connectivity index (χ4n) is 7.29. The molecule has 46 heavy (non-hydrogen) atoms. The van der Waals surface area contributed by atoms with Crippen LogP contribution in [0.4, 0.5) is 0 Å². The summed E-state index contributed by atoms with van der Waals surface area (Å²) < 4.78 is 0. The van der Waals surface area contributed by atoms with Crippen LogP contribution in [0.1, 0.15) is 83.4 Å². The molecule has 3 atom stereocenters. The molecule has 2 N–H and O–H groups in total. The molecule has 3 aliphatic rings. The zero-order chi connectivity index (χ0) is 33.3. The third-order valence-electron chi connectivity index (χ3n) is 10.5. The Morgan fingerprint density at radius 1 is 0.978 bits per heavy atom. The van der Waals surface area contributed by atoms with Crippen LogP contribution in [0.5, 0.6) is 0 Å².